The van der Waals surface area contributed by atoms with Crippen LogP contribution in [0.3, 0.4) is 0 Å². The molecule has 0 aromatic heterocycles. The molecule has 4 unspecified atom stereocenters. The first-order valence-electron chi connectivity index (χ1n) is 5.52. The highest BCUT2D eigenvalue weighted by molar-refractivity contribution is 4.97. The SMILES string of the molecule is CCCC(C)C1(C)CC(C)C1C. The normalized spacial score (nSPS) is 43.8. The van der Waals surface area contributed by atoms with E-state index < -0.39 is 0 Å². The first-order chi connectivity index (χ1) is 5.52. The quantitative estimate of drug-likeness (QED) is 0.595. The maximum atomic E-state index is 2.48. The number of rotatable bonds is 3. The molecular weight excluding hydrogens is 144 g/mol. The Hall–Kier alpha value is 0. The van der Waals surface area contributed by atoms with Gasteiger partial charge < -0.3 is 0 Å². The summed E-state index contributed by atoms with van der Waals surface area (Å²) in [6.45, 7) is 12.0. The molecular formula is C12H24. The van der Waals surface area contributed by atoms with Gasteiger partial charge in [-0.15, -0.1) is 0 Å². The lowest BCUT2D eigenvalue weighted by atomic mass is 9.51. The first kappa shape index (κ1) is 10.1. The van der Waals surface area contributed by atoms with Crippen molar-refractivity contribution in [1.29, 1.82) is 0 Å². The van der Waals surface area contributed by atoms with Gasteiger partial charge in [-0.25, -0.2) is 0 Å². The summed E-state index contributed by atoms with van der Waals surface area (Å²) in [7, 11) is 0. The van der Waals surface area contributed by atoms with E-state index in [9.17, 15) is 0 Å². The lowest BCUT2D eigenvalue weighted by Gasteiger charge is -2.54. The van der Waals surface area contributed by atoms with E-state index in [4.69, 9.17) is 0 Å². The standard InChI is InChI=1S/C12H24/c1-6-7-10(3)12(5)8-9(2)11(12)4/h9-11H,6-8H2,1-5H3. The molecule has 1 aliphatic carbocycles. The van der Waals surface area contributed by atoms with E-state index in [0.29, 0.717) is 5.41 Å². The Morgan fingerprint density at radius 1 is 1.42 bits per heavy atom. The van der Waals surface area contributed by atoms with Crippen LogP contribution in [0.2, 0.25) is 0 Å². The highest BCUT2D eigenvalue weighted by atomic mass is 14.5. The highest BCUT2D eigenvalue weighted by Crippen LogP contribution is 2.55. The van der Waals surface area contributed by atoms with Crippen LogP contribution < -0.4 is 0 Å². The zero-order valence-electron chi connectivity index (χ0n) is 9.35. The van der Waals surface area contributed by atoms with Crippen LogP contribution in [0.5, 0.6) is 0 Å². The van der Waals surface area contributed by atoms with E-state index in [2.05, 4.69) is 34.6 Å². The predicted octanol–water partition coefficient (Wildman–Crippen LogP) is 4.10. The fourth-order valence-electron chi connectivity index (χ4n) is 2.96. The second-order valence-corrected chi connectivity index (χ2v) is 5.17. The average Bonchev–Trinajstić information content (AvgIpc) is 2.04. The lowest BCUT2D eigenvalue weighted by Crippen LogP contribution is -2.47. The molecule has 0 N–H and O–H groups in total. The van der Waals surface area contributed by atoms with Gasteiger partial charge in [-0.2, -0.15) is 0 Å². The van der Waals surface area contributed by atoms with Crippen LogP contribution in [0.15, 0.2) is 0 Å². The van der Waals surface area contributed by atoms with Crippen LogP contribution in [0.25, 0.3) is 0 Å². The van der Waals surface area contributed by atoms with Crippen molar-refractivity contribution in [3.8, 4) is 0 Å². The first-order valence-corrected chi connectivity index (χ1v) is 5.52. The van der Waals surface area contributed by atoms with Crippen molar-refractivity contribution in [2.75, 3.05) is 0 Å². The largest absolute Gasteiger partial charge is 0.0654 e. The molecule has 1 saturated carbocycles. The minimum atomic E-state index is 0.662. The Morgan fingerprint density at radius 3 is 2.33 bits per heavy atom. The Bertz CT molecular complexity index is 150. The fourth-order valence-corrected chi connectivity index (χ4v) is 2.96. The number of hydrogen-bond acceptors (Lipinski definition) is 0. The summed E-state index contributed by atoms with van der Waals surface area (Å²) in [6, 6.07) is 0. The van der Waals surface area contributed by atoms with E-state index in [1.54, 1.807) is 0 Å². The lowest BCUT2D eigenvalue weighted by molar-refractivity contribution is -0.0536. The van der Waals surface area contributed by atoms with E-state index in [-0.39, 0.29) is 0 Å². The van der Waals surface area contributed by atoms with Crippen molar-refractivity contribution in [3.05, 3.63) is 0 Å². The third kappa shape index (κ3) is 1.41. The van der Waals surface area contributed by atoms with Gasteiger partial charge in [0.25, 0.3) is 0 Å². The molecule has 0 radical (unpaired) electrons. The number of hydrogen-bond donors (Lipinski definition) is 0. The molecule has 0 aromatic carbocycles. The summed E-state index contributed by atoms with van der Waals surface area (Å²) >= 11 is 0. The van der Waals surface area contributed by atoms with Crippen molar-refractivity contribution in [3.63, 3.8) is 0 Å². The van der Waals surface area contributed by atoms with Crippen molar-refractivity contribution in [2.24, 2.45) is 23.2 Å². The highest BCUT2D eigenvalue weighted by Gasteiger charge is 2.47. The summed E-state index contributed by atoms with van der Waals surface area (Å²) in [5.41, 5.74) is 0.662. The molecule has 0 heterocycles. The predicted molar refractivity (Wildman–Crippen MR) is 55.1 cm³/mol. The van der Waals surface area contributed by atoms with E-state index in [1.807, 2.05) is 0 Å². The topological polar surface area (TPSA) is 0 Å². The Labute approximate surface area is 77.7 Å². The summed E-state index contributed by atoms with van der Waals surface area (Å²) in [5.74, 6) is 2.84. The van der Waals surface area contributed by atoms with Crippen molar-refractivity contribution < 1.29 is 0 Å². The molecule has 12 heavy (non-hydrogen) atoms. The molecule has 4 atom stereocenters. The summed E-state index contributed by atoms with van der Waals surface area (Å²) in [5, 5.41) is 0. The Morgan fingerprint density at radius 2 is 2.00 bits per heavy atom. The van der Waals surface area contributed by atoms with Gasteiger partial charge in [0.2, 0.25) is 0 Å². The van der Waals surface area contributed by atoms with Crippen LogP contribution >= 0.6 is 0 Å². The zero-order valence-corrected chi connectivity index (χ0v) is 9.35. The second-order valence-electron chi connectivity index (χ2n) is 5.17. The smallest absolute Gasteiger partial charge is 0.0269 e. The van der Waals surface area contributed by atoms with Gasteiger partial charge in [-0.3, -0.25) is 0 Å². The van der Waals surface area contributed by atoms with E-state index in [0.717, 1.165) is 17.8 Å². The molecule has 0 aromatic rings. The molecule has 0 spiro atoms. The van der Waals surface area contributed by atoms with Gasteiger partial charge in [-0.1, -0.05) is 47.5 Å². The average molecular weight is 168 g/mol. The summed E-state index contributed by atoms with van der Waals surface area (Å²) in [4.78, 5) is 0. The molecule has 1 aliphatic rings. The zero-order chi connectivity index (χ0) is 9.35. The molecule has 1 fully saturated rings. The maximum Gasteiger partial charge on any atom is -0.0269 e. The van der Waals surface area contributed by atoms with Crippen molar-refractivity contribution in [2.45, 2.75) is 53.9 Å². The minimum absolute atomic E-state index is 0.662. The van der Waals surface area contributed by atoms with Gasteiger partial charge in [0.05, 0.1) is 0 Å². The van der Waals surface area contributed by atoms with Crippen LogP contribution in [-0.2, 0) is 0 Å². The third-order valence-electron chi connectivity index (χ3n) is 4.50. The molecule has 0 aliphatic heterocycles. The monoisotopic (exact) mass is 168 g/mol. The van der Waals surface area contributed by atoms with Crippen molar-refractivity contribution in [1.82, 2.24) is 0 Å². The third-order valence-corrected chi connectivity index (χ3v) is 4.50. The summed E-state index contributed by atoms with van der Waals surface area (Å²) in [6.07, 6.45) is 4.21. The van der Waals surface area contributed by atoms with Crippen LogP contribution in [0.1, 0.15) is 53.9 Å². The molecule has 0 saturated heterocycles. The molecule has 0 bridgehead atoms. The molecule has 72 valence electrons. The Balaban J connectivity index is 2.50. The summed E-state index contributed by atoms with van der Waals surface area (Å²) < 4.78 is 0. The van der Waals surface area contributed by atoms with E-state index >= 15 is 0 Å². The van der Waals surface area contributed by atoms with Gasteiger partial charge >= 0.3 is 0 Å². The fraction of sp³-hybridized carbons (Fsp3) is 1.00. The molecule has 1 rings (SSSR count). The van der Waals surface area contributed by atoms with Gasteiger partial charge in [0, 0.05) is 0 Å². The Kier molecular flexibility index (Phi) is 2.85. The molecule has 0 nitrogen and oxygen atoms in total. The van der Waals surface area contributed by atoms with Gasteiger partial charge in [0.1, 0.15) is 0 Å². The molecule has 0 amide bonds. The molecule has 0 heteroatoms. The van der Waals surface area contributed by atoms with Gasteiger partial charge in [0.15, 0.2) is 0 Å². The van der Waals surface area contributed by atoms with Crippen LogP contribution in [0.4, 0.5) is 0 Å². The second kappa shape index (κ2) is 3.40. The maximum absolute atomic E-state index is 2.48. The van der Waals surface area contributed by atoms with E-state index in [1.165, 1.54) is 19.3 Å². The minimum Gasteiger partial charge on any atom is -0.0654 e. The van der Waals surface area contributed by atoms with Crippen LogP contribution in [-0.4, -0.2) is 0 Å². The van der Waals surface area contributed by atoms with Crippen LogP contribution in [0, 0.1) is 23.2 Å². The van der Waals surface area contributed by atoms with Crippen molar-refractivity contribution >= 4 is 0 Å². The van der Waals surface area contributed by atoms with Gasteiger partial charge in [-0.05, 0) is 29.6 Å².